The van der Waals surface area contributed by atoms with E-state index in [2.05, 4.69) is 25.3 Å². The van der Waals surface area contributed by atoms with E-state index in [1.54, 1.807) is 0 Å². The Bertz CT molecular complexity index is 916. The van der Waals surface area contributed by atoms with Crippen LogP contribution < -0.4 is 5.32 Å². The van der Waals surface area contributed by atoms with Crippen LogP contribution in [0.5, 0.6) is 0 Å². The predicted octanol–water partition coefficient (Wildman–Crippen LogP) is -2.04. The molecule has 0 aliphatic carbocycles. The van der Waals surface area contributed by atoms with E-state index >= 15 is 0 Å². The number of phosphoric ester groups is 2. The van der Waals surface area contributed by atoms with Gasteiger partial charge in [0.05, 0.1) is 18.8 Å². The Labute approximate surface area is 193 Å². The summed E-state index contributed by atoms with van der Waals surface area (Å²) in [6.07, 6.45) is -9.05. The van der Waals surface area contributed by atoms with Crippen molar-refractivity contribution < 1.29 is 67.0 Å². The molecule has 0 aromatic rings. The van der Waals surface area contributed by atoms with Gasteiger partial charge >= 0.3 is 15.6 Å². The van der Waals surface area contributed by atoms with Crippen molar-refractivity contribution in [3.63, 3.8) is 0 Å². The number of nitrogens with zero attached hydrogens (tertiary/aromatic N) is 1. The highest BCUT2D eigenvalue weighted by Gasteiger charge is 2.48. The van der Waals surface area contributed by atoms with Crippen LogP contribution in [0.3, 0.4) is 0 Å². The van der Waals surface area contributed by atoms with Crippen molar-refractivity contribution in [2.75, 3.05) is 6.61 Å². The molecule has 2 saturated heterocycles. The van der Waals surface area contributed by atoms with Crippen LogP contribution in [0.25, 0.3) is 0 Å². The van der Waals surface area contributed by atoms with E-state index in [0.717, 1.165) is 6.08 Å². The molecule has 34 heavy (non-hydrogen) atoms. The highest BCUT2D eigenvalue weighted by atomic mass is 31.3. The summed E-state index contributed by atoms with van der Waals surface area (Å²) >= 11 is 0. The fraction of sp³-hybridized carbons (Fsp3) is 0.688. The number of nitrogens with one attached hydrogen (secondary N) is 1. The lowest BCUT2D eigenvalue weighted by Gasteiger charge is -2.35. The molecule has 0 spiro atoms. The second kappa shape index (κ2) is 10.4. The Hall–Kier alpha value is -1.23. The molecule has 3 rings (SSSR count). The Morgan fingerprint density at radius 3 is 2.47 bits per heavy atom. The molecule has 1 amide bonds. The largest absolute Gasteiger partial charge is 0.483 e. The maximum atomic E-state index is 12.2. The van der Waals surface area contributed by atoms with Gasteiger partial charge in [0.15, 0.2) is 12.5 Å². The number of aliphatic hydroxyl groups is 4. The van der Waals surface area contributed by atoms with Crippen molar-refractivity contribution in [2.24, 2.45) is 0 Å². The topological polar surface area (TPSA) is 234 Å². The maximum absolute atomic E-state index is 12.2. The van der Waals surface area contributed by atoms with Gasteiger partial charge in [0.25, 0.3) is 5.91 Å². The van der Waals surface area contributed by atoms with E-state index in [1.807, 2.05) is 0 Å². The third kappa shape index (κ3) is 6.50. The summed E-state index contributed by atoms with van der Waals surface area (Å²) < 4.78 is 48.1. The van der Waals surface area contributed by atoms with Crippen molar-refractivity contribution >= 4 is 21.6 Å². The molecule has 0 radical (unpaired) electrons. The first-order valence-electron chi connectivity index (χ1n) is 9.88. The van der Waals surface area contributed by atoms with Gasteiger partial charge in [-0.05, 0) is 6.92 Å². The molecule has 0 aromatic heterocycles. The number of hydrogen-bond acceptors (Lipinski definition) is 13. The van der Waals surface area contributed by atoms with Gasteiger partial charge in [0.2, 0.25) is 0 Å². The summed E-state index contributed by atoms with van der Waals surface area (Å²) in [7, 11) is -10.7. The average molecular weight is 532 g/mol. The van der Waals surface area contributed by atoms with E-state index in [0.29, 0.717) is 0 Å². The van der Waals surface area contributed by atoms with Gasteiger partial charge in [0, 0.05) is 18.7 Å². The quantitative estimate of drug-likeness (QED) is 0.167. The van der Waals surface area contributed by atoms with Crippen molar-refractivity contribution in [2.45, 2.75) is 62.5 Å². The van der Waals surface area contributed by atoms with E-state index < -0.39 is 77.3 Å². The number of ether oxygens (including phenoxy) is 2. The number of carbonyl (C=O) groups excluding carboxylic acids is 1. The monoisotopic (exact) mass is 532 g/mol. The summed E-state index contributed by atoms with van der Waals surface area (Å²) in [6, 6.07) is 0. The molecule has 3 heterocycles. The first-order valence-corrected chi connectivity index (χ1v) is 12.9. The van der Waals surface area contributed by atoms with Crippen LogP contribution in [0.1, 0.15) is 13.3 Å². The minimum atomic E-state index is -5.37. The Balaban J connectivity index is 1.57. The molecule has 0 bridgehead atoms. The number of hydrogen-bond donors (Lipinski definition) is 7. The molecule has 3 aliphatic rings. The standard InChI is InChI=1S/C16H26N2O14P2/c1-7-5-9(19)12(21)16(29-7)31-34(26,27)32-33(24,25)28-6-10-13(22)14(23)15(30-10)18-4-3-11(20)17-8(18)2/h3-4,7,9-10,12-16,19,21-23H,2,5-6H2,1H3,(H,17,20)(H,24,25)(H,26,27)/t7?,9-,10+,12?,13-,14?,15+,16-/m0/s1. The van der Waals surface area contributed by atoms with Gasteiger partial charge < -0.3 is 49.9 Å². The predicted molar refractivity (Wildman–Crippen MR) is 108 cm³/mol. The van der Waals surface area contributed by atoms with Crippen molar-refractivity contribution in [1.82, 2.24) is 10.2 Å². The maximum Gasteiger partial charge on any atom is 0.483 e. The van der Waals surface area contributed by atoms with E-state index in [4.69, 9.17) is 9.47 Å². The fourth-order valence-corrected chi connectivity index (χ4v) is 5.56. The van der Waals surface area contributed by atoms with E-state index in [1.165, 1.54) is 18.0 Å². The SMILES string of the molecule is C=C1NC(=O)C=CN1[C@@H]1O[C@H](COP(=O)(O)OP(=O)(O)O[C@@H]2OC(C)C[C@H](O)C2O)[C@H](O)C1O. The first kappa shape index (κ1) is 27.4. The van der Waals surface area contributed by atoms with Crippen LogP contribution in [0.15, 0.2) is 24.7 Å². The van der Waals surface area contributed by atoms with Crippen molar-refractivity contribution in [1.29, 1.82) is 0 Å². The second-order valence-electron chi connectivity index (χ2n) is 7.73. The fourth-order valence-electron chi connectivity index (χ4n) is 3.41. The Morgan fingerprint density at radius 1 is 1.15 bits per heavy atom. The number of amides is 1. The van der Waals surface area contributed by atoms with Crippen LogP contribution in [0, 0.1) is 0 Å². The summed E-state index contributed by atoms with van der Waals surface area (Å²) in [6.45, 7) is 4.20. The molecule has 3 aliphatic heterocycles. The summed E-state index contributed by atoms with van der Waals surface area (Å²) in [5.74, 6) is -0.440. The molecule has 194 valence electrons. The smallest absolute Gasteiger partial charge is 0.390 e. The molecule has 16 nitrogen and oxygen atoms in total. The van der Waals surface area contributed by atoms with E-state index in [9.17, 15) is 44.1 Å². The van der Waals surface area contributed by atoms with Gasteiger partial charge in [-0.15, -0.1) is 0 Å². The normalized spacial score (nSPS) is 40.0. The molecule has 10 atom stereocenters. The average Bonchev–Trinajstić information content (AvgIpc) is 2.97. The van der Waals surface area contributed by atoms with Gasteiger partial charge in [-0.25, -0.2) is 9.13 Å². The van der Waals surface area contributed by atoms with Crippen LogP contribution in [-0.4, -0.2) is 96.8 Å². The number of carbonyl (C=O) groups is 1. The summed E-state index contributed by atoms with van der Waals surface area (Å²) in [5.41, 5.74) is 0. The number of rotatable bonds is 8. The molecule has 5 unspecified atom stereocenters. The summed E-state index contributed by atoms with van der Waals surface area (Å²) in [4.78, 5) is 32.1. The molecule has 7 N–H and O–H groups in total. The van der Waals surface area contributed by atoms with Gasteiger partial charge in [-0.3, -0.25) is 13.8 Å². The zero-order valence-electron chi connectivity index (χ0n) is 17.7. The molecular formula is C16H26N2O14P2. The van der Waals surface area contributed by atoms with Crippen molar-refractivity contribution in [3.8, 4) is 0 Å². The lowest BCUT2D eigenvalue weighted by molar-refractivity contribution is -0.235. The van der Waals surface area contributed by atoms with E-state index in [-0.39, 0.29) is 12.2 Å². The third-order valence-electron chi connectivity index (χ3n) is 5.04. The van der Waals surface area contributed by atoms with Gasteiger partial charge in [0.1, 0.15) is 30.2 Å². The highest BCUT2D eigenvalue weighted by Crippen LogP contribution is 2.61. The summed E-state index contributed by atoms with van der Waals surface area (Å²) in [5, 5.41) is 42.3. The molecule has 0 saturated carbocycles. The lowest BCUT2D eigenvalue weighted by atomic mass is 10.0. The van der Waals surface area contributed by atoms with Crippen molar-refractivity contribution in [3.05, 3.63) is 24.7 Å². The highest BCUT2D eigenvalue weighted by molar-refractivity contribution is 7.61. The first-order chi connectivity index (χ1) is 15.7. The minimum Gasteiger partial charge on any atom is -0.390 e. The number of phosphoric acid groups is 2. The number of aliphatic hydroxyl groups excluding tert-OH is 4. The third-order valence-corrected chi connectivity index (χ3v) is 7.64. The Kier molecular flexibility index (Phi) is 8.37. The minimum absolute atomic E-state index is 0.0166. The molecule has 2 fully saturated rings. The zero-order valence-corrected chi connectivity index (χ0v) is 19.5. The van der Waals surface area contributed by atoms with Gasteiger partial charge in [-0.1, -0.05) is 6.58 Å². The zero-order chi connectivity index (χ0) is 25.4. The molecule has 18 heteroatoms. The van der Waals surface area contributed by atoms with Crippen LogP contribution in [0.2, 0.25) is 0 Å². The molecule has 0 aromatic carbocycles. The van der Waals surface area contributed by atoms with Crippen LogP contribution in [-0.2, 0) is 36.8 Å². The second-order valence-corrected chi connectivity index (χ2v) is 10.7. The molecular weight excluding hydrogens is 506 g/mol. The lowest BCUT2D eigenvalue weighted by Crippen LogP contribution is -2.48. The Morgan fingerprint density at radius 2 is 1.82 bits per heavy atom. The van der Waals surface area contributed by atoms with Crippen LogP contribution in [0.4, 0.5) is 0 Å². The van der Waals surface area contributed by atoms with Crippen LogP contribution >= 0.6 is 15.6 Å². The van der Waals surface area contributed by atoms with Gasteiger partial charge in [-0.2, -0.15) is 4.31 Å².